The van der Waals surface area contributed by atoms with Crippen molar-refractivity contribution < 1.29 is 0 Å². The lowest BCUT2D eigenvalue weighted by molar-refractivity contribution is 0.0282. The Balaban J connectivity index is 1.48. The minimum absolute atomic E-state index is 0.590. The number of fused-ring (bicyclic) bond motifs is 2. The van der Waals surface area contributed by atoms with E-state index in [1.54, 1.807) is 0 Å². The van der Waals surface area contributed by atoms with Crippen LogP contribution >= 0.6 is 12.2 Å². The molecule has 0 amide bonds. The van der Waals surface area contributed by atoms with Crippen LogP contribution in [-0.2, 0) is 0 Å². The first-order valence-corrected chi connectivity index (χ1v) is 10.00. The molecule has 2 aliphatic heterocycles. The highest BCUT2D eigenvalue weighted by atomic mass is 32.1. The average Bonchev–Trinajstić information content (AvgIpc) is 2.49. The Bertz CT molecular complexity index is 353. The van der Waals surface area contributed by atoms with E-state index < -0.39 is 0 Å². The molecule has 3 fully saturated rings. The van der Waals surface area contributed by atoms with E-state index in [-0.39, 0.29) is 0 Å². The highest BCUT2D eigenvalue weighted by Gasteiger charge is 2.37. The van der Waals surface area contributed by atoms with Crippen LogP contribution in [0, 0.1) is 0 Å². The fourth-order valence-corrected chi connectivity index (χ4v) is 5.21. The second-order valence-corrected chi connectivity index (χ2v) is 8.01. The van der Waals surface area contributed by atoms with Crippen molar-refractivity contribution in [3.63, 3.8) is 0 Å². The fraction of sp³-hybridized carbons (Fsp3) is 0.944. The Morgan fingerprint density at radius 1 is 0.909 bits per heavy atom. The van der Waals surface area contributed by atoms with E-state index in [0.29, 0.717) is 12.1 Å². The third kappa shape index (κ3) is 4.14. The summed E-state index contributed by atoms with van der Waals surface area (Å²) in [4.78, 5) is 2.79. The van der Waals surface area contributed by atoms with E-state index in [9.17, 15) is 0 Å². The number of piperidine rings is 2. The topological polar surface area (TPSA) is 27.3 Å². The van der Waals surface area contributed by atoms with Crippen LogP contribution in [0.2, 0.25) is 0 Å². The van der Waals surface area contributed by atoms with Gasteiger partial charge in [-0.05, 0) is 63.7 Å². The molecule has 3 aliphatic rings. The maximum Gasteiger partial charge on any atom is 0.166 e. The summed E-state index contributed by atoms with van der Waals surface area (Å²) in [5.74, 6) is 0. The Kier molecular flexibility index (Phi) is 5.97. The molecule has 0 unspecified atom stereocenters. The zero-order valence-electron chi connectivity index (χ0n) is 14.2. The van der Waals surface area contributed by atoms with Gasteiger partial charge in [-0.3, -0.25) is 4.90 Å². The number of hydrogen-bond acceptors (Lipinski definition) is 2. The minimum atomic E-state index is 0.590. The summed E-state index contributed by atoms with van der Waals surface area (Å²) >= 11 is 5.59. The van der Waals surface area contributed by atoms with Crippen molar-refractivity contribution in [1.82, 2.24) is 15.5 Å². The van der Waals surface area contributed by atoms with Gasteiger partial charge < -0.3 is 10.6 Å². The molecular formula is C18H33N3S. The molecule has 4 heteroatoms. The van der Waals surface area contributed by atoms with Crippen LogP contribution in [0.4, 0.5) is 0 Å². The van der Waals surface area contributed by atoms with Crippen molar-refractivity contribution >= 4 is 17.3 Å². The van der Waals surface area contributed by atoms with Crippen LogP contribution in [0.5, 0.6) is 0 Å². The molecular weight excluding hydrogens is 290 g/mol. The van der Waals surface area contributed by atoms with Crippen LogP contribution in [0.25, 0.3) is 0 Å². The molecule has 2 N–H and O–H groups in total. The van der Waals surface area contributed by atoms with Gasteiger partial charge in [0.25, 0.3) is 0 Å². The van der Waals surface area contributed by atoms with Crippen LogP contribution < -0.4 is 10.6 Å². The zero-order valence-corrected chi connectivity index (χ0v) is 15.0. The normalized spacial score (nSPS) is 33.4. The van der Waals surface area contributed by atoms with Gasteiger partial charge in [0.05, 0.1) is 0 Å². The molecule has 2 saturated heterocycles. The van der Waals surface area contributed by atoms with Crippen LogP contribution in [0.3, 0.4) is 0 Å². The highest BCUT2D eigenvalue weighted by Crippen LogP contribution is 2.34. The Morgan fingerprint density at radius 3 is 2.18 bits per heavy atom. The maximum atomic E-state index is 5.59. The summed E-state index contributed by atoms with van der Waals surface area (Å²) in [7, 11) is 0. The lowest BCUT2D eigenvalue weighted by atomic mass is 9.81. The molecule has 0 spiro atoms. The molecule has 126 valence electrons. The maximum absolute atomic E-state index is 5.59. The highest BCUT2D eigenvalue weighted by molar-refractivity contribution is 7.80. The van der Waals surface area contributed by atoms with Crippen molar-refractivity contribution in [2.75, 3.05) is 6.54 Å². The van der Waals surface area contributed by atoms with Crippen LogP contribution in [-0.4, -0.2) is 40.7 Å². The number of nitrogens with one attached hydrogen (secondary N) is 2. The van der Waals surface area contributed by atoms with E-state index in [1.165, 1.54) is 77.2 Å². The summed E-state index contributed by atoms with van der Waals surface area (Å²) in [6.45, 7) is 3.59. The lowest BCUT2D eigenvalue weighted by Crippen LogP contribution is -2.58. The quantitative estimate of drug-likeness (QED) is 0.773. The Morgan fingerprint density at radius 2 is 1.55 bits per heavy atom. The van der Waals surface area contributed by atoms with Crippen molar-refractivity contribution in [3.05, 3.63) is 0 Å². The van der Waals surface area contributed by atoms with Gasteiger partial charge in [0.15, 0.2) is 5.11 Å². The molecule has 0 aromatic rings. The van der Waals surface area contributed by atoms with Crippen molar-refractivity contribution in [2.45, 2.75) is 102 Å². The first kappa shape index (κ1) is 16.5. The molecule has 22 heavy (non-hydrogen) atoms. The summed E-state index contributed by atoms with van der Waals surface area (Å²) in [6, 6.07) is 2.80. The van der Waals surface area contributed by atoms with Crippen molar-refractivity contribution in [1.29, 1.82) is 0 Å². The molecule has 0 aromatic heterocycles. The largest absolute Gasteiger partial charge is 0.360 e. The summed E-state index contributed by atoms with van der Waals surface area (Å²) < 4.78 is 0. The smallest absolute Gasteiger partial charge is 0.166 e. The standard InChI is InChI=1S/C18H33N3S/c1-2-11-21-16-9-6-10-17(21)13-15(12-16)20-18(22)19-14-7-4-3-5-8-14/h14-17H,2-13H2,1H3,(H2,19,20,22)/t16-,17-/m0/s1. The van der Waals surface area contributed by atoms with Gasteiger partial charge >= 0.3 is 0 Å². The van der Waals surface area contributed by atoms with Gasteiger partial charge in [0.1, 0.15) is 0 Å². The first-order chi connectivity index (χ1) is 10.8. The minimum Gasteiger partial charge on any atom is -0.360 e. The second kappa shape index (κ2) is 7.96. The average molecular weight is 324 g/mol. The lowest BCUT2D eigenvalue weighted by Gasteiger charge is -2.49. The van der Waals surface area contributed by atoms with Gasteiger partial charge in [0, 0.05) is 24.2 Å². The second-order valence-electron chi connectivity index (χ2n) is 7.60. The van der Waals surface area contributed by atoms with E-state index in [0.717, 1.165) is 17.2 Å². The summed E-state index contributed by atoms with van der Waals surface area (Å²) in [5, 5.41) is 8.14. The number of thiocarbonyl (C=S) groups is 1. The van der Waals surface area contributed by atoms with Gasteiger partial charge in [-0.1, -0.05) is 32.6 Å². The molecule has 2 atom stereocenters. The van der Waals surface area contributed by atoms with E-state index in [2.05, 4.69) is 22.5 Å². The van der Waals surface area contributed by atoms with Gasteiger partial charge in [-0.2, -0.15) is 0 Å². The molecule has 1 saturated carbocycles. The first-order valence-electron chi connectivity index (χ1n) is 9.59. The molecule has 3 rings (SSSR count). The molecule has 0 radical (unpaired) electrons. The van der Waals surface area contributed by atoms with Crippen molar-refractivity contribution in [3.8, 4) is 0 Å². The monoisotopic (exact) mass is 323 g/mol. The van der Waals surface area contributed by atoms with Crippen LogP contribution in [0.15, 0.2) is 0 Å². The van der Waals surface area contributed by atoms with E-state index in [1.807, 2.05) is 0 Å². The third-order valence-corrected chi connectivity index (χ3v) is 6.12. The summed E-state index contributed by atoms with van der Waals surface area (Å²) in [6.07, 6.45) is 14.8. The Hall–Kier alpha value is -0.350. The van der Waals surface area contributed by atoms with Crippen molar-refractivity contribution in [2.24, 2.45) is 0 Å². The van der Waals surface area contributed by atoms with Gasteiger partial charge in [-0.25, -0.2) is 0 Å². The molecule has 1 aliphatic carbocycles. The zero-order chi connectivity index (χ0) is 15.4. The van der Waals surface area contributed by atoms with Crippen LogP contribution in [0.1, 0.15) is 77.6 Å². The van der Waals surface area contributed by atoms with Gasteiger partial charge in [-0.15, -0.1) is 0 Å². The third-order valence-electron chi connectivity index (χ3n) is 5.88. The predicted molar refractivity (Wildman–Crippen MR) is 97.2 cm³/mol. The summed E-state index contributed by atoms with van der Waals surface area (Å²) in [5.41, 5.74) is 0. The number of hydrogen-bond donors (Lipinski definition) is 2. The number of nitrogens with zero attached hydrogens (tertiary/aromatic N) is 1. The molecule has 0 aromatic carbocycles. The molecule has 3 nitrogen and oxygen atoms in total. The molecule has 2 bridgehead atoms. The SMILES string of the molecule is CCCN1[C@H]2CCC[C@H]1CC(NC(=S)NC1CCCCC1)C2. The van der Waals surface area contributed by atoms with Gasteiger partial charge in [0.2, 0.25) is 0 Å². The predicted octanol–water partition coefficient (Wildman–Crippen LogP) is 3.58. The fourth-order valence-electron chi connectivity index (χ4n) is 4.88. The molecule has 2 heterocycles. The Labute approximate surface area is 141 Å². The van der Waals surface area contributed by atoms with E-state index in [4.69, 9.17) is 12.2 Å². The van der Waals surface area contributed by atoms with E-state index >= 15 is 0 Å². The number of rotatable bonds is 4.